The zero-order chi connectivity index (χ0) is 9.40. The summed E-state index contributed by atoms with van der Waals surface area (Å²) in [4.78, 5) is 4.12. The van der Waals surface area contributed by atoms with Crippen LogP contribution in [0.2, 0.25) is 0 Å². The van der Waals surface area contributed by atoms with Crippen molar-refractivity contribution in [3.05, 3.63) is 0 Å². The minimum atomic E-state index is 0.0140. The average Bonchev–Trinajstić information content (AvgIpc) is 2.11. The first kappa shape index (κ1) is 11.4. The number of amidine groups is 1. The maximum atomic E-state index is 5.53. The predicted octanol–water partition coefficient (Wildman–Crippen LogP) is 0.415. The molecule has 1 atom stereocenters. The lowest BCUT2D eigenvalue weighted by atomic mass is 10.3. The maximum absolute atomic E-state index is 5.53. The highest BCUT2D eigenvalue weighted by Gasteiger charge is 2.04. The fourth-order valence-corrected chi connectivity index (χ4v) is 0.712. The van der Waals surface area contributed by atoms with E-state index in [1.807, 2.05) is 6.92 Å². The van der Waals surface area contributed by atoms with Crippen LogP contribution in [0.15, 0.2) is 4.99 Å². The fraction of sp³-hybridized carbons (Fsp3) is 0.875. The van der Waals surface area contributed by atoms with E-state index in [4.69, 9.17) is 15.2 Å². The topological polar surface area (TPSA) is 56.8 Å². The summed E-state index contributed by atoms with van der Waals surface area (Å²) in [5.74, 6) is 0.660. The number of methoxy groups -OCH3 is 2. The molecule has 0 rings (SSSR count). The molecular weight excluding hydrogens is 156 g/mol. The maximum Gasteiger partial charge on any atom is 0.0999 e. The lowest BCUT2D eigenvalue weighted by Crippen LogP contribution is -2.23. The molecule has 4 nitrogen and oxygen atoms in total. The molecule has 0 heterocycles. The van der Waals surface area contributed by atoms with Gasteiger partial charge in [0.05, 0.1) is 25.1 Å². The van der Waals surface area contributed by atoms with Crippen molar-refractivity contribution in [3.63, 3.8) is 0 Å². The number of nitrogens with two attached hydrogens (primary N) is 1. The van der Waals surface area contributed by atoms with Gasteiger partial charge in [-0.2, -0.15) is 0 Å². The highest BCUT2D eigenvalue weighted by molar-refractivity contribution is 5.79. The molecular formula is C8H18N2O2. The second-order valence-electron chi connectivity index (χ2n) is 2.50. The number of ether oxygens (including phenoxy) is 2. The predicted molar refractivity (Wildman–Crippen MR) is 49.5 cm³/mol. The Bertz CT molecular complexity index is 137. The molecule has 72 valence electrons. The molecule has 0 aromatic heterocycles. The van der Waals surface area contributed by atoms with E-state index in [0.29, 0.717) is 19.0 Å². The number of hydrogen-bond acceptors (Lipinski definition) is 3. The van der Waals surface area contributed by atoms with E-state index in [0.717, 1.165) is 6.42 Å². The van der Waals surface area contributed by atoms with Gasteiger partial charge in [0.2, 0.25) is 0 Å². The van der Waals surface area contributed by atoms with Crippen LogP contribution < -0.4 is 5.73 Å². The standard InChI is InChI=1S/C8H18N2O2/c1-4-8(9)10-5-7(12-3)6-11-2/h7H,4-6H2,1-3H3,(H2,9,10). The molecule has 0 radical (unpaired) electrons. The van der Waals surface area contributed by atoms with Gasteiger partial charge in [-0.25, -0.2) is 0 Å². The van der Waals surface area contributed by atoms with E-state index in [9.17, 15) is 0 Å². The first-order chi connectivity index (χ1) is 5.74. The zero-order valence-electron chi connectivity index (χ0n) is 8.04. The van der Waals surface area contributed by atoms with Gasteiger partial charge < -0.3 is 15.2 Å². The van der Waals surface area contributed by atoms with Gasteiger partial charge in [-0.15, -0.1) is 0 Å². The first-order valence-electron chi connectivity index (χ1n) is 4.05. The normalized spacial score (nSPS) is 14.8. The molecule has 2 N–H and O–H groups in total. The van der Waals surface area contributed by atoms with Gasteiger partial charge in [-0.3, -0.25) is 4.99 Å². The van der Waals surface area contributed by atoms with Gasteiger partial charge in [0, 0.05) is 20.6 Å². The van der Waals surface area contributed by atoms with Crippen LogP contribution in [0.5, 0.6) is 0 Å². The van der Waals surface area contributed by atoms with Crippen molar-refractivity contribution in [3.8, 4) is 0 Å². The number of rotatable bonds is 6. The Balaban J connectivity index is 3.70. The Hall–Kier alpha value is -0.610. The van der Waals surface area contributed by atoms with Crippen molar-refractivity contribution >= 4 is 5.84 Å². The van der Waals surface area contributed by atoms with Crippen molar-refractivity contribution in [2.75, 3.05) is 27.4 Å². The van der Waals surface area contributed by atoms with Crippen LogP contribution in [0, 0.1) is 0 Å². The van der Waals surface area contributed by atoms with E-state index >= 15 is 0 Å². The second-order valence-corrected chi connectivity index (χ2v) is 2.50. The summed E-state index contributed by atoms with van der Waals surface area (Å²) in [6, 6.07) is 0. The average molecular weight is 174 g/mol. The fourth-order valence-electron chi connectivity index (χ4n) is 0.712. The molecule has 4 heteroatoms. The lowest BCUT2D eigenvalue weighted by Gasteiger charge is -2.11. The highest BCUT2D eigenvalue weighted by Crippen LogP contribution is 1.92. The quantitative estimate of drug-likeness (QED) is 0.469. The van der Waals surface area contributed by atoms with Gasteiger partial charge >= 0.3 is 0 Å². The lowest BCUT2D eigenvalue weighted by molar-refractivity contribution is 0.0344. The van der Waals surface area contributed by atoms with Crippen molar-refractivity contribution in [1.82, 2.24) is 0 Å². The van der Waals surface area contributed by atoms with Crippen LogP contribution in [0.25, 0.3) is 0 Å². The summed E-state index contributed by atoms with van der Waals surface area (Å²) in [7, 11) is 3.28. The molecule has 0 bridgehead atoms. The molecule has 0 saturated heterocycles. The van der Waals surface area contributed by atoms with E-state index in [2.05, 4.69) is 4.99 Å². The third-order valence-corrected chi connectivity index (χ3v) is 1.55. The van der Waals surface area contributed by atoms with Crippen LogP contribution in [0.4, 0.5) is 0 Å². The number of aliphatic imine (C=N–C) groups is 1. The largest absolute Gasteiger partial charge is 0.387 e. The SMILES string of the molecule is CCC(N)=NCC(COC)OC. The van der Waals surface area contributed by atoms with Crippen molar-refractivity contribution in [2.45, 2.75) is 19.4 Å². The van der Waals surface area contributed by atoms with E-state index in [1.54, 1.807) is 14.2 Å². The van der Waals surface area contributed by atoms with Gasteiger partial charge in [0.25, 0.3) is 0 Å². The first-order valence-corrected chi connectivity index (χ1v) is 4.05. The number of hydrogen-bond donors (Lipinski definition) is 1. The van der Waals surface area contributed by atoms with Gasteiger partial charge in [-0.1, -0.05) is 6.92 Å². The summed E-state index contributed by atoms with van der Waals surface area (Å²) >= 11 is 0. The summed E-state index contributed by atoms with van der Waals surface area (Å²) < 4.78 is 10.0. The van der Waals surface area contributed by atoms with Crippen LogP contribution in [0.1, 0.15) is 13.3 Å². The minimum Gasteiger partial charge on any atom is -0.387 e. The molecule has 0 spiro atoms. The Kier molecular flexibility index (Phi) is 6.70. The Morgan fingerprint density at radius 3 is 2.58 bits per heavy atom. The van der Waals surface area contributed by atoms with Crippen LogP contribution in [-0.4, -0.2) is 39.3 Å². The molecule has 0 fully saturated rings. The van der Waals surface area contributed by atoms with Crippen molar-refractivity contribution in [1.29, 1.82) is 0 Å². The smallest absolute Gasteiger partial charge is 0.0999 e. The molecule has 0 aliphatic heterocycles. The van der Waals surface area contributed by atoms with E-state index in [-0.39, 0.29) is 6.10 Å². The van der Waals surface area contributed by atoms with Crippen molar-refractivity contribution < 1.29 is 9.47 Å². The molecule has 1 unspecified atom stereocenters. The number of nitrogens with zero attached hydrogens (tertiary/aromatic N) is 1. The summed E-state index contributed by atoms with van der Waals surface area (Å²) in [5, 5.41) is 0. The molecule has 0 aromatic carbocycles. The molecule has 0 aliphatic carbocycles. The van der Waals surface area contributed by atoms with Gasteiger partial charge in [0.1, 0.15) is 0 Å². The van der Waals surface area contributed by atoms with Crippen LogP contribution in [0.3, 0.4) is 0 Å². The second kappa shape index (κ2) is 7.06. The van der Waals surface area contributed by atoms with Crippen LogP contribution in [-0.2, 0) is 9.47 Å². The van der Waals surface area contributed by atoms with Gasteiger partial charge in [-0.05, 0) is 0 Å². The molecule has 0 aliphatic rings. The summed E-state index contributed by atoms with van der Waals surface area (Å²) in [6.07, 6.45) is 0.795. The summed E-state index contributed by atoms with van der Waals surface area (Å²) in [6.45, 7) is 3.10. The minimum absolute atomic E-state index is 0.0140. The van der Waals surface area contributed by atoms with E-state index < -0.39 is 0 Å². The Morgan fingerprint density at radius 2 is 2.17 bits per heavy atom. The molecule has 0 aromatic rings. The van der Waals surface area contributed by atoms with E-state index in [1.165, 1.54) is 0 Å². The van der Waals surface area contributed by atoms with Crippen molar-refractivity contribution in [2.24, 2.45) is 10.7 Å². The molecule has 12 heavy (non-hydrogen) atoms. The third-order valence-electron chi connectivity index (χ3n) is 1.55. The molecule has 0 amide bonds. The Morgan fingerprint density at radius 1 is 1.50 bits per heavy atom. The third kappa shape index (κ3) is 5.09. The summed E-state index contributed by atoms with van der Waals surface area (Å²) in [5.41, 5.74) is 5.53. The Labute approximate surface area is 73.8 Å². The molecule has 0 saturated carbocycles. The van der Waals surface area contributed by atoms with Crippen LogP contribution >= 0.6 is 0 Å². The van der Waals surface area contributed by atoms with Gasteiger partial charge in [0.15, 0.2) is 0 Å². The zero-order valence-corrected chi connectivity index (χ0v) is 8.04. The monoisotopic (exact) mass is 174 g/mol. The highest BCUT2D eigenvalue weighted by atomic mass is 16.5.